The van der Waals surface area contributed by atoms with E-state index in [1.807, 2.05) is 37.3 Å². The maximum atomic E-state index is 13.3. The van der Waals surface area contributed by atoms with Crippen LogP contribution in [0.15, 0.2) is 54.6 Å². The molecule has 0 saturated heterocycles. The van der Waals surface area contributed by atoms with Gasteiger partial charge in [0.1, 0.15) is 0 Å². The lowest BCUT2D eigenvalue weighted by Gasteiger charge is -2.31. The van der Waals surface area contributed by atoms with Crippen molar-refractivity contribution in [3.8, 4) is 0 Å². The van der Waals surface area contributed by atoms with E-state index in [1.165, 1.54) is 10.4 Å². The fraction of sp³-hybridized carbons (Fsp3) is 0.261. The van der Waals surface area contributed by atoms with Crippen LogP contribution in [0.25, 0.3) is 0 Å². The van der Waals surface area contributed by atoms with Crippen molar-refractivity contribution in [3.63, 3.8) is 0 Å². The number of thiophene rings is 1. The number of nitrogens with two attached hydrogens (primary N) is 1. The molecule has 4 heteroatoms. The second-order valence-electron chi connectivity index (χ2n) is 7.38. The van der Waals surface area contributed by atoms with Crippen LogP contribution >= 0.6 is 11.3 Å². The molecule has 1 aromatic heterocycles. The van der Waals surface area contributed by atoms with Crippen LogP contribution in [0.2, 0.25) is 0 Å². The van der Waals surface area contributed by atoms with Gasteiger partial charge in [0.05, 0.1) is 10.6 Å². The molecule has 0 amide bonds. The quantitative estimate of drug-likeness (QED) is 0.653. The van der Waals surface area contributed by atoms with Crippen LogP contribution in [-0.4, -0.2) is 17.2 Å². The predicted molar refractivity (Wildman–Crippen MR) is 112 cm³/mol. The van der Waals surface area contributed by atoms with E-state index in [-0.39, 0.29) is 11.7 Å². The summed E-state index contributed by atoms with van der Waals surface area (Å²) in [4.78, 5) is 16.9. The molecule has 0 spiro atoms. The molecule has 1 atom stereocenters. The lowest BCUT2D eigenvalue weighted by Crippen LogP contribution is -2.32. The average Bonchev–Trinajstić information content (AvgIpc) is 2.99. The second kappa shape index (κ2) is 7.29. The van der Waals surface area contributed by atoms with E-state index in [2.05, 4.69) is 36.1 Å². The molecule has 3 aromatic rings. The van der Waals surface area contributed by atoms with Crippen LogP contribution in [-0.2, 0) is 13.1 Å². The van der Waals surface area contributed by atoms with Gasteiger partial charge in [-0.3, -0.25) is 9.69 Å². The zero-order valence-electron chi connectivity index (χ0n) is 15.7. The van der Waals surface area contributed by atoms with Gasteiger partial charge < -0.3 is 5.73 Å². The third kappa shape index (κ3) is 3.43. The molecule has 2 N–H and O–H groups in total. The highest BCUT2D eigenvalue weighted by Gasteiger charge is 2.32. The summed E-state index contributed by atoms with van der Waals surface area (Å²) in [7, 11) is 0. The molecule has 1 aliphatic rings. The summed E-state index contributed by atoms with van der Waals surface area (Å²) in [5.41, 5.74) is 11.3. The fourth-order valence-electron chi connectivity index (χ4n) is 4.05. The molecule has 2 aromatic carbocycles. The molecule has 0 bridgehead atoms. The highest BCUT2D eigenvalue weighted by Crippen LogP contribution is 2.41. The zero-order valence-corrected chi connectivity index (χ0v) is 16.6. The van der Waals surface area contributed by atoms with Crippen LogP contribution in [0.1, 0.15) is 50.3 Å². The Bertz CT molecular complexity index is 977. The molecular formula is C23H24N2OS. The Hall–Kier alpha value is -2.43. The van der Waals surface area contributed by atoms with E-state index < -0.39 is 0 Å². The maximum Gasteiger partial charge on any atom is 0.196 e. The number of hydrogen-bond donors (Lipinski definition) is 1. The van der Waals surface area contributed by atoms with Crippen molar-refractivity contribution < 1.29 is 4.79 Å². The molecule has 2 heterocycles. The standard InChI is InChI=1S/C23H24N2OS/c1-15-8-6-7-11-18(15)22(26)21-20-16(2)12-25(14-19(20)27-23(21)24)13-17-9-4-3-5-10-17/h3-11,16H,12-14,24H2,1-2H3. The van der Waals surface area contributed by atoms with E-state index in [0.717, 1.165) is 41.9 Å². The molecule has 27 heavy (non-hydrogen) atoms. The first-order valence-corrected chi connectivity index (χ1v) is 10.1. The first-order chi connectivity index (χ1) is 13.0. The summed E-state index contributed by atoms with van der Waals surface area (Å²) in [5.74, 6) is 0.348. The number of nitrogen functional groups attached to an aromatic ring is 1. The van der Waals surface area contributed by atoms with Crippen LogP contribution in [0.4, 0.5) is 5.00 Å². The van der Waals surface area contributed by atoms with Crippen molar-refractivity contribution in [1.29, 1.82) is 0 Å². The minimum absolute atomic E-state index is 0.0615. The first kappa shape index (κ1) is 18.0. The van der Waals surface area contributed by atoms with Gasteiger partial charge in [-0.25, -0.2) is 0 Å². The summed E-state index contributed by atoms with van der Waals surface area (Å²) in [6.07, 6.45) is 0. The lowest BCUT2D eigenvalue weighted by atomic mass is 9.88. The van der Waals surface area contributed by atoms with Gasteiger partial charge >= 0.3 is 0 Å². The number of carbonyl (C=O) groups excluding carboxylic acids is 1. The van der Waals surface area contributed by atoms with Crippen LogP contribution < -0.4 is 5.73 Å². The summed E-state index contributed by atoms with van der Waals surface area (Å²) in [6, 6.07) is 18.3. The van der Waals surface area contributed by atoms with Gasteiger partial charge in [0, 0.05) is 30.1 Å². The topological polar surface area (TPSA) is 46.3 Å². The molecule has 1 aliphatic heterocycles. The molecule has 0 saturated carbocycles. The minimum Gasteiger partial charge on any atom is -0.390 e. The number of ketones is 1. The molecule has 0 fully saturated rings. The Morgan fingerprint density at radius 2 is 1.85 bits per heavy atom. The van der Waals surface area contributed by atoms with Crippen molar-refractivity contribution in [2.75, 3.05) is 12.3 Å². The summed E-state index contributed by atoms with van der Waals surface area (Å²) >= 11 is 1.58. The first-order valence-electron chi connectivity index (χ1n) is 9.32. The van der Waals surface area contributed by atoms with E-state index in [4.69, 9.17) is 5.73 Å². The average molecular weight is 377 g/mol. The monoisotopic (exact) mass is 376 g/mol. The smallest absolute Gasteiger partial charge is 0.196 e. The van der Waals surface area contributed by atoms with E-state index in [0.29, 0.717) is 5.00 Å². The van der Waals surface area contributed by atoms with Gasteiger partial charge in [-0.05, 0) is 29.5 Å². The number of aryl methyl sites for hydroxylation is 1. The van der Waals surface area contributed by atoms with Gasteiger partial charge in [-0.2, -0.15) is 0 Å². The summed E-state index contributed by atoms with van der Waals surface area (Å²) in [5, 5.41) is 0.654. The number of nitrogens with zero attached hydrogens (tertiary/aromatic N) is 1. The number of fused-ring (bicyclic) bond motifs is 1. The van der Waals surface area contributed by atoms with Gasteiger partial charge in [0.25, 0.3) is 0 Å². The number of anilines is 1. The van der Waals surface area contributed by atoms with Gasteiger partial charge in [-0.15, -0.1) is 11.3 Å². The van der Waals surface area contributed by atoms with Crippen molar-refractivity contribution in [3.05, 3.63) is 87.3 Å². The normalized spacial score (nSPS) is 16.9. The number of rotatable bonds is 4. The van der Waals surface area contributed by atoms with Crippen molar-refractivity contribution in [2.45, 2.75) is 32.9 Å². The van der Waals surface area contributed by atoms with E-state index in [9.17, 15) is 4.79 Å². The van der Waals surface area contributed by atoms with Crippen molar-refractivity contribution in [2.24, 2.45) is 0 Å². The Morgan fingerprint density at radius 3 is 2.59 bits per heavy atom. The Labute approximate surface area is 164 Å². The van der Waals surface area contributed by atoms with Crippen molar-refractivity contribution in [1.82, 2.24) is 4.90 Å². The molecule has 0 aliphatic carbocycles. The number of benzene rings is 2. The zero-order chi connectivity index (χ0) is 19.0. The van der Waals surface area contributed by atoms with Crippen LogP contribution in [0.5, 0.6) is 0 Å². The van der Waals surface area contributed by atoms with Crippen LogP contribution in [0, 0.1) is 6.92 Å². The van der Waals surface area contributed by atoms with E-state index >= 15 is 0 Å². The third-order valence-corrected chi connectivity index (χ3v) is 6.33. The van der Waals surface area contributed by atoms with Gasteiger partial charge in [0.15, 0.2) is 5.78 Å². The lowest BCUT2D eigenvalue weighted by molar-refractivity contribution is 0.103. The highest BCUT2D eigenvalue weighted by atomic mass is 32.1. The third-order valence-electron chi connectivity index (χ3n) is 5.31. The Balaban J connectivity index is 1.65. The maximum absolute atomic E-state index is 13.3. The molecule has 0 radical (unpaired) electrons. The molecule has 3 nitrogen and oxygen atoms in total. The molecular weight excluding hydrogens is 352 g/mol. The summed E-state index contributed by atoms with van der Waals surface area (Å²) in [6.45, 7) is 6.89. The highest BCUT2D eigenvalue weighted by molar-refractivity contribution is 7.16. The van der Waals surface area contributed by atoms with Crippen molar-refractivity contribution >= 4 is 22.1 Å². The molecule has 138 valence electrons. The summed E-state index contributed by atoms with van der Waals surface area (Å²) < 4.78 is 0. The van der Waals surface area contributed by atoms with E-state index in [1.54, 1.807) is 11.3 Å². The van der Waals surface area contributed by atoms with Gasteiger partial charge in [-0.1, -0.05) is 61.5 Å². The predicted octanol–water partition coefficient (Wildman–Crippen LogP) is 4.99. The second-order valence-corrected chi connectivity index (χ2v) is 8.52. The minimum atomic E-state index is 0.0615. The fourth-order valence-corrected chi connectivity index (χ4v) is 5.28. The largest absolute Gasteiger partial charge is 0.390 e. The van der Waals surface area contributed by atoms with Gasteiger partial charge in [0.2, 0.25) is 0 Å². The SMILES string of the molecule is Cc1ccccc1C(=O)c1c(N)sc2c1C(C)CN(Cc1ccccc1)C2. The Morgan fingerprint density at radius 1 is 1.15 bits per heavy atom. The van der Waals surface area contributed by atoms with Crippen LogP contribution in [0.3, 0.4) is 0 Å². The molecule has 1 unspecified atom stereocenters. The Kier molecular flexibility index (Phi) is 4.85. The number of hydrogen-bond acceptors (Lipinski definition) is 4. The number of carbonyl (C=O) groups is 1. The molecule has 4 rings (SSSR count).